The number of carboxylic acid groups (broad SMARTS) is 1. The molecule has 0 saturated heterocycles. The normalized spacial score (nSPS) is 12.7. The summed E-state index contributed by atoms with van der Waals surface area (Å²) in [5, 5.41) is 11.4. The first kappa shape index (κ1) is 17.2. The van der Waals surface area contributed by atoms with Crippen molar-refractivity contribution in [3.63, 3.8) is 0 Å². The smallest absolute Gasteiger partial charge is 0.411 e. The zero-order valence-electron chi connectivity index (χ0n) is 11.0. The summed E-state index contributed by atoms with van der Waals surface area (Å²) in [5.74, 6) is -1.40. The highest BCUT2D eigenvalue weighted by atomic mass is 127. The van der Waals surface area contributed by atoms with Crippen LogP contribution in [-0.2, 0) is 9.53 Å². The van der Waals surface area contributed by atoms with Crippen LogP contribution in [0.3, 0.4) is 0 Å². The Labute approximate surface area is 121 Å². The van der Waals surface area contributed by atoms with E-state index in [2.05, 4.69) is 34.5 Å². The molecule has 5 nitrogen and oxygen atoms in total. The molecule has 0 unspecified atom stereocenters. The van der Waals surface area contributed by atoms with Crippen LogP contribution in [0.4, 0.5) is 4.79 Å². The summed E-state index contributed by atoms with van der Waals surface area (Å²) in [4.78, 5) is 22.4. The highest BCUT2D eigenvalue weighted by Crippen LogP contribution is 2.15. The van der Waals surface area contributed by atoms with Crippen LogP contribution in [-0.4, -0.2) is 27.2 Å². The lowest BCUT2D eigenvalue weighted by molar-refractivity contribution is -0.141. The maximum atomic E-state index is 11.4. The van der Waals surface area contributed by atoms with Crippen LogP contribution >= 0.6 is 22.6 Å². The minimum Gasteiger partial charge on any atom is -0.481 e. The summed E-state index contributed by atoms with van der Waals surface area (Å²) in [6.07, 6.45) is 0.161. The average molecular weight is 369 g/mol. The number of nitrogens with one attached hydrogen (secondary N) is 1. The summed E-state index contributed by atoms with van der Waals surface area (Å²) in [6, 6.07) is 0. The number of alkyl carbamates (subject to hydrolysis) is 1. The van der Waals surface area contributed by atoms with Crippen molar-refractivity contribution in [1.82, 2.24) is 5.32 Å². The topological polar surface area (TPSA) is 75.6 Å². The van der Waals surface area contributed by atoms with E-state index in [0.717, 1.165) is 4.43 Å². The van der Waals surface area contributed by atoms with Gasteiger partial charge in [0.05, 0.1) is 5.92 Å². The number of hydrogen-bond donors (Lipinski definition) is 2. The number of halogens is 1. The van der Waals surface area contributed by atoms with Crippen molar-refractivity contribution >= 4 is 34.7 Å². The molecule has 0 radical (unpaired) electrons. The van der Waals surface area contributed by atoms with Crippen molar-refractivity contribution in [1.29, 1.82) is 0 Å². The van der Waals surface area contributed by atoms with Crippen LogP contribution in [0.1, 0.15) is 33.6 Å². The second kappa shape index (κ2) is 7.60. The minimum absolute atomic E-state index is 0.220. The van der Waals surface area contributed by atoms with E-state index in [-0.39, 0.29) is 6.42 Å². The molecular weight excluding hydrogens is 349 g/mol. The van der Waals surface area contributed by atoms with Gasteiger partial charge in [-0.3, -0.25) is 10.1 Å². The zero-order chi connectivity index (χ0) is 14.3. The third kappa shape index (κ3) is 8.32. The van der Waals surface area contributed by atoms with E-state index in [1.54, 1.807) is 20.8 Å². The molecule has 0 fully saturated rings. The van der Waals surface area contributed by atoms with Gasteiger partial charge in [0.15, 0.2) is 0 Å². The largest absolute Gasteiger partial charge is 0.481 e. The summed E-state index contributed by atoms with van der Waals surface area (Å²) in [5.41, 5.74) is -0.222. The van der Waals surface area contributed by atoms with Gasteiger partial charge in [-0.25, -0.2) is 4.79 Å². The number of carbonyl (C=O) groups excluding carboxylic acids is 1. The molecule has 0 aliphatic rings. The maximum Gasteiger partial charge on any atom is 0.411 e. The van der Waals surface area contributed by atoms with Crippen LogP contribution < -0.4 is 5.32 Å². The Morgan fingerprint density at radius 2 is 2.00 bits per heavy atom. The Kier molecular flexibility index (Phi) is 7.27. The quantitative estimate of drug-likeness (QED) is 0.558. The molecular formula is C12H20INO4. The number of ether oxygens (including phenoxy) is 1. The fraction of sp³-hybridized carbons (Fsp3) is 0.667. The Hall–Kier alpha value is -0.790. The molecule has 0 aromatic rings. The maximum absolute atomic E-state index is 11.4. The predicted molar refractivity (Wildman–Crippen MR) is 77.8 cm³/mol. The summed E-state index contributed by atoms with van der Waals surface area (Å²) in [7, 11) is 0. The molecule has 0 bridgehead atoms. The number of allylic oxidation sites excluding steroid dienone is 1. The SMILES string of the molecule is C=C(C[C@@H](CCI)C(=O)O)NC(=O)OC(C)(C)C. The molecule has 0 spiro atoms. The van der Waals surface area contributed by atoms with Gasteiger partial charge in [0, 0.05) is 16.5 Å². The first-order valence-corrected chi connectivity index (χ1v) is 7.15. The van der Waals surface area contributed by atoms with Crippen molar-refractivity contribution in [3.05, 3.63) is 12.3 Å². The Bertz CT molecular complexity index is 323. The number of alkyl halides is 1. The summed E-state index contributed by atoms with van der Waals surface area (Å²) in [6.45, 7) is 8.92. The van der Waals surface area contributed by atoms with Gasteiger partial charge in [-0.05, 0) is 27.2 Å². The molecule has 6 heteroatoms. The third-order valence-corrected chi connectivity index (χ3v) is 2.60. The van der Waals surface area contributed by atoms with E-state index < -0.39 is 23.6 Å². The number of aliphatic carboxylic acids is 1. The average Bonchev–Trinajstić information content (AvgIpc) is 2.13. The first-order valence-electron chi connectivity index (χ1n) is 5.62. The predicted octanol–water partition coefficient (Wildman–Crippen LogP) is 2.94. The molecule has 18 heavy (non-hydrogen) atoms. The van der Waals surface area contributed by atoms with Crippen LogP contribution in [0.25, 0.3) is 0 Å². The van der Waals surface area contributed by atoms with Gasteiger partial charge in [-0.15, -0.1) is 0 Å². The van der Waals surface area contributed by atoms with E-state index >= 15 is 0 Å². The van der Waals surface area contributed by atoms with E-state index in [4.69, 9.17) is 9.84 Å². The number of amides is 1. The van der Waals surface area contributed by atoms with E-state index in [9.17, 15) is 9.59 Å². The van der Waals surface area contributed by atoms with E-state index in [1.807, 2.05) is 0 Å². The molecule has 0 heterocycles. The highest BCUT2D eigenvalue weighted by molar-refractivity contribution is 14.1. The molecule has 104 valence electrons. The lowest BCUT2D eigenvalue weighted by Crippen LogP contribution is -2.32. The Morgan fingerprint density at radius 3 is 2.39 bits per heavy atom. The minimum atomic E-state index is -0.876. The number of carboxylic acids is 1. The van der Waals surface area contributed by atoms with Crippen LogP contribution in [0.2, 0.25) is 0 Å². The molecule has 0 aliphatic carbocycles. The van der Waals surface area contributed by atoms with Crippen molar-refractivity contribution in [2.75, 3.05) is 4.43 Å². The van der Waals surface area contributed by atoms with Gasteiger partial charge >= 0.3 is 12.1 Å². The van der Waals surface area contributed by atoms with Gasteiger partial charge in [-0.2, -0.15) is 0 Å². The number of carbonyl (C=O) groups is 2. The Morgan fingerprint density at radius 1 is 1.44 bits per heavy atom. The lowest BCUT2D eigenvalue weighted by atomic mass is 10.0. The molecule has 2 N–H and O–H groups in total. The number of rotatable bonds is 6. The monoisotopic (exact) mass is 369 g/mol. The number of hydrogen-bond acceptors (Lipinski definition) is 3. The third-order valence-electron chi connectivity index (χ3n) is 1.98. The fourth-order valence-electron chi connectivity index (χ4n) is 1.24. The van der Waals surface area contributed by atoms with Crippen molar-refractivity contribution in [2.24, 2.45) is 5.92 Å². The standard InChI is InChI=1S/C12H20INO4/c1-8(7-9(5-6-13)10(15)16)14-11(17)18-12(2,3)4/h9H,1,5-7H2,2-4H3,(H,14,17)(H,15,16)/t9-/m1/s1. The van der Waals surface area contributed by atoms with Gasteiger partial charge in [0.1, 0.15) is 5.60 Å². The second-order valence-electron chi connectivity index (χ2n) is 4.95. The van der Waals surface area contributed by atoms with Crippen molar-refractivity contribution in [3.8, 4) is 0 Å². The van der Waals surface area contributed by atoms with Crippen LogP contribution in [0, 0.1) is 5.92 Å². The van der Waals surface area contributed by atoms with Gasteiger partial charge in [-0.1, -0.05) is 29.2 Å². The zero-order valence-corrected chi connectivity index (χ0v) is 13.1. The van der Waals surface area contributed by atoms with E-state index in [1.165, 1.54) is 0 Å². The van der Waals surface area contributed by atoms with Gasteiger partial charge in [0.25, 0.3) is 0 Å². The molecule has 1 amide bonds. The van der Waals surface area contributed by atoms with Crippen LogP contribution in [0.5, 0.6) is 0 Å². The molecule has 0 saturated carbocycles. The molecule has 0 aliphatic heterocycles. The van der Waals surface area contributed by atoms with Gasteiger partial charge in [0.2, 0.25) is 0 Å². The molecule has 0 aromatic heterocycles. The lowest BCUT2D eigenvalue weighted by Gasteiger charge is -2.21. The van der Waals surface area contributed by atoms with Crippen LogP contribution in [0.15, 0.2) is 12.3 Å². The van der Waals surface area contributed by atoms with Crippen molar-refractivity contribution < 1.29 is 19.4 Å². The first-order chi connectivity index (χ1) is 8.15. The molecule has 0 aromatic carbocycles. The molecule has 0 rings (SSSR count). The summed E-state index contributed by atoms with van der Waals surface area (Å²) >= 11 is 2.12. The molecule has 1 atom stereocenters. The second-order valence-corrected chi connectivity index (χ2v) is 6.03. The van der Waals surface area contributed by atoms with E-state index in [0.29, 0.717) is 12.1 Å². The van der Waals surface area contributed by atoms with Gasteiger partial charge < -0.3 is 9.84 Å². The summed E-state index contributed by atoms with van der Waals surface area (Å²) < 4.78 is 5.80. The highest BCUT2D eigenvalue weighted by Gasteiger charge is 2.20. The Balaban J connectivity index is 4.24. The fourth-order valence-corrected chi connectivity index (χ4v) is 1.99. The van der Waals surface area contributed by atoms with Crippen molar-refractivity contribution in [2.45, 2.75) is 39.2 Å².